The Hall–Kier alpha value is -0.830. The third-order valence-electron chi connectivity index (χ3n) is 2.33. The molecular weight excluding hydrogens is 256 g/mol. The second-order valence-corrected chi connectivity index (χ2v) is 4.69. The molecule has 0 bridgehead atoms. The van der Waals surface area contributed by atoms with Crippen LogP contribution in [-0.2, 0) is 4.74 Å². The van der Waals surface area contributed by atoms with Gasteiger partial charge in [0.15, 0.2) is 0 Å². The van der Waals surface area contributed by atoms with E-state index < -0.39 is 0 Å². The highest BCUT2D eigenvalue weighted by molar-refractivity contribution is 9.10. The van der Waals surface area contributed by atoms with Crippen molar-refractivity contribution in [2.75, 3.05) is 0 Å². The Kier molecular flexibility index (Phi) is 4.33. The van der Waals surface area contributed by atoms with E-state index in [1.54, 1.807) is 6.07 Å². The van der Waals surface area contributed by atoms with Crippen LogP contribution in [0.2, 0.25) is 0 Å². The summed E-state index contributed by atoms with van der Waals surface area (Å²) >= 11 is 3.32. The molecule has 82 valence electrons. The summed E-state index contributed by atoms with van der Waals surface area (Å²) in [6.07, 6.45) is -0.0652. The van der Waals surface area contributed by atoms with E-state index in [2.05, 4.69) is 15.9 Å². The molecule has 0 aliphatic rings. The SMILES string of the molecule is CC(C)C(C)OC(=O)c1ccccc1Br. The van der Waals surface area contributed by atoms with Gasteiger partial charge >= 0.3 is 5.97 Å². The first-order valence-corrected chi connectivity index (χ1v) is 5.77. The smallest absolute Gasteiger partial charge is 0.339 e. The Morgan fingerprint density at radius 1 is 1.27 bits per heavy atom. The van der Waals surface area contributed by atoms with Crippen LogP contribution < -0.4 is 0 Å². The Morgan fingerprint density at radius 2 is 1.87 bits per heavy atom. The van der Waals surface area contributed by atoms with E-state index in [9.17, 15) is 4.79 Å². The number of hydrogen-bond acceptors (Lipinski definition) is 2. The zero-order chi connectivity index (χ0) is 11.4. The van der Waals surface area contributed by atoms with Crippen LogP contribution >= 0.6 is 15.9 Å². The van der Waals surface area contributed by atoms with Gasteiger partial charge in [0.2, 0.25) is 0 Å². The number of halogens is 1. The zero-order valence-electron chi connectivity index (χ0n) is 9.16. The summed E-state index contributed by atoms with van der Waals surface area (Å²) in [5.41, 5.74) is 0.574. The first-order chi connectivity index (χ1) is 7.02. The fourth-order valence-electron chi connectivity index (χ4n) is 0.995. The van der Waals surface area contributed by atoms with Crippen LogP contribution in [0.15, 0.2) is 28.7 Å². The van der Waals surface area contributed by atoms with Gasteiger partial charge in [-0.15, -0.1) is 0 Å². The van der Waals surface area contributed by atoms with E-state index >= 15 is 0 Å². The summed E-state index contributed by atoms with van der Waals surface area (Å²) < 4.78 is 6.08. The molecule has 0 spiro atoms. The van der Waals surface area contributed by atoms with Crippen molar-refractivity contribution in [2.45, 2.75) is 26.9 Å². The van der Waals surface area contributed by atoms with Crippen molar-refractivity contribution < 1.29 is 9.53 Å². The Balaban J connectivity index is 2.74. The maximum absolute atomic E-state index is 11.7. The predicted molar refractivity (Wildman–Crippen MR) is 63.9 cm³/mol. The Morgan fingerprint density at radius 3 is 2.40 bits per heavy atom. The number of carbonyl (C=O) groups is 1. The molecule has 1 aromatic rings. The molecule has 1 aromatic carbocycles. The van der Waals surface area contributed by atoms with Crippen molar-refractivity contribution in [1.29, 1.82) is 0 Å². The number of rotatable bonds is 3. The minimum Gasteiger partial charge on any atom is -0.459 e. The average molecular weight is 271 g/mol. The van der Waals surface area contributed by atoms with Crippen molar-refractivity contribution in [3.05, 3.63) is 34.3 Å². The average Bonchev–Trinajstić information content (AvgIpc) is 2.18. The minimum absolute atomic E-state index is 0.0652. The van der Waals surface area contributed by atoms with Crippen LogP contribution in [0.5, 0.6) is 0 Å². The van der Waals surface area contributed by atoms with E-state index in [1.165, 1.54) is 0 Å². The van der Waals surface area contributed by atoms with Crippen LogP contribution in [-0.4, -0.2) is 12.1 Å². The largest absolute Gasteiger partial charge is 0.459 e. The van der Waals surface area contributed by atoms with Crippen molar-refractivity contribution in [3.63, 3.8) is 0 Å². The van der Waals surface area contributed by atoms with Gasteiger partial charge in [-0.3, -0.25) is 0 Å². The minimum atomic E-state index is -0.274. The molecule has 0 aromatic heterocycles. The lowest BCUT2D eigenvalue weighted by Gasteiger charge is -2.16. The summed E-state index contributed by atoms with van der Waals surface area (Å²) in [4.78, 5) is 11.7. The van der Waals surface area contributed by atoms with E-state index in [4.69, 9.17) is 4.74 Å². The van der Waals surface area contributed by atoms with Gasteiger partial charge < -0.3 is 4.74 Å². The van der Waals surface area contributed by atoms with Gasteiger partial charge in [-0.05, 0) is 40.9 Å². The van der Waals surface area contributed by atoms with Gasteiger partial charge in [0.25, 0.3) is 0 Å². The van der Waals surface area contributed by atoms with E-state index in [1.807, 2.05) is 39.0 Å². The molecule has 0 saturated carbocycles. The second kappa shape index (κ2) is 5.31. The van der Waals surface area contributed by atoms with Gasteiger partial charge in [0.1, 0.15) is 6.10 Å². The van der Waals surface area contributed by atoms with Crippen molar-refractivity contribution in [1.82, 2.24) is 0 Å². The molecule has 1 unspecified atom stereocenters. The monoisotopic (exact) mass is 270 g/mol. The van der Waals surface area contributed by atoms with Crippen molar-refractivity contribution in [3.8, 4) is 0 Å². The van der Waals surface area contributed by atoms with E-state index in [-0.39, 0.29) is 12.1 Å². The molecule has 0 aliphatic heterocycles. The molecule has 0 fully saturated rings. The third-order valence-corrected chi connectivity index (χ3v) is 3.02. The molecular formula is C12H15BrO2. The van der Waals surface area contributed by atoms with E-state index in [0.29, 0.717) is 11.5 Å². The quantitative estimate of drug-likeness (QED) is 0.784. The molecule has 0 N–H and O–H groups in total. The van der Waals surface area contributed by atoms with E-state index in [0.717, 1.165) is 4.47 Å². The van der Waals surface area contributed by atoms with Crippen LogP contribution in [0.4, 0.5) is 0 Å². The van der Waals surface area contributed by atoms with Gasteiger partial charge in [-0.1, -0.05) is 26.0 Å². The fraction of sp³-hybridized carbons (Fsp3) is 0.417. The van der Waals surface area contributed by atoms with Gasteiger partial charge in [0.05, 0.1) is 5.56 Å². The number of esters is 1. The summed E-state index contributed by atoms with van der Waals surface area (Å²) in [6.45, 7) is 5.95. The summed E-state index contributed by atoms with van der Waals surface area (Å²) in [5, 5.41) is 0. The lowest BCUT2D eigenvalue weighted by atomic mass is 10.1. The predicted octanol–water partition coefficient (Wildman–Crippen LogP) is 3.65. The number of carbonyl (C=O) groups excluding carboxylic acids is 1. The van der Waals surface area contributed by atoms with Crippen LogP contribution in [0.3, 0.4) is 0 Å². The first kappa shape index (κ1) is 12.2. The van der Waals surface area contributed by atoms with Gasteiger partial charge in [-0.25, -0.2) is 4.79 Å². The molecule has 0 amide bonds. The molecule has 15 heavy (non-hydrogen) atoms. The highest BCUT2D eigenvalue weighted by Crippen LogP contribution is 2.18. The molecule has 0 radical (unpaired) electrons. The van der Waals surface area contributed by atoms with Crippen LogP contribution in [0, 0.1) is 5.92 Å². The maximum atomic E-state index is 11.7. The lowest BCUT2D eigenvalue weighted by Crippen LogP contribution is -2.20. The van der Waals surface area contributed by atoms with Crippen molar-refractivity contribution in [2.24, 2.45) is 5.92 Å². The molecule has 0 heterocycles. The molecule has 0 aliphatic carbocycles. The maximum Gasteiger partial charge on any atom is 0.339 e. The Labute approximate surface area is 98.8 Å². The molecule has 2 nitrogen and oxygen atoms in total. The highest BCUT2D eigenvalue weighted by atomic mass is 79.9. The van der Waals surface area contributed by atoms with Crippen LogP contribution in [0.1, 0.15) is 31.1 Å². The second-order valence-electron chi connectivity index (χ2n) is 3.83. The molecule has 1 atom stereocenters. The van der Waals surface area contributed by atoms with Gasteiger partial charge in [-0.2, -0.15) is 0 Å². The molecule has 1 rings (SSSR count). The number of ether oxygens (including phenoxy) is 1. The topological polar surface area (TPSA) is 26.3 Å². The Bertz CT molecular complexity index is 347. The molecule has 3 heteroatoms. The molecule has 0 saturated heterocycles. The summed E-state index contributed by atoms with van der Waals surface area (Å²) in [7, 11) is 0. The summed E-state index contributed by atoms with van der Waals surface area (Å²) in [5.74, 6) is 0.0557. The van der Waals surface area contributed by atoms with Gasteiger partial charge in [0, 0.05) is 4.47 Å². The highest BCUT2D eigenvalue weighted by Gasteiger charge is 2.16. The number of benzene rings is 1. The third kappa shape index (κ3) is 3.34. The summed E-state index contributed by atoms with van der Waals surface area (Å²) in [6, 6.07) is 7.27. The lowest BCUT2D eigenvalue weighted by molar-refractivity contribution is 0.0237. The fourth-order valence-corrected chi connectivity index (χ4v) is 1.44. The standard InChI is InChI=1S/C12H15BrO2/c1-8(2)9(3)15-12(14)10-6-4-5-7-11(10)13/h4-9H,1-3H3. The first-order valence-electron chi connectivity index (χ1n) is 4.98. The zero-order valence-corrected chi connectivity index (χ0v) is 10.7. The van der Waals surface area contributed by atoms with Crippen molar-refractivity contribution >= 4 is 21.9 Å². The number of hydrogen-bond donors (Lipinski definition) is 0. The van der Waals surface area contributed by atoms with Crippen LogP contribution in [0.25, 0.3) is 0 Å². The normalized spacial score (nSPS) is 12.6.